The molecule has 0 spiro atoms. The van der Waals surface area contributed by atoms with Gasteiger partial charge in [0.2, 0.25) is 0 Å². The molecule has 1 aromatic carbocycles. The van der Waals surface area contributed by atoms with E-state index >= 15 is 0 Å². The first kappa shape index (κ1) is 26.7. The minimum absolute atomic E-state index is 0.240. The summed E-state index contributed by atoms with van der Waals surface area (Å²) >= 11 is 0. The standard InChI is InChI=1S/C32H41N7O/c1-7-38(20(2)3)19-29-36-26-10-11-32(5,6)16-25(26)31(37-29)39-12-13-40-28-9-8-22(14-24(28)18-39)23-15-27-30(33-17-23)35-21(4)34-27/h8-9,14-15,17,20H,7,10-13,16,18-19H2,1-6H3,(H,33,34,35). The zero-order valence-corrected chi connectivity index (χ0v) is 24.7. The SMILES string of the molecule is CCN(Cc1nc2c(c(N3CCOc4ccc(-c5cnc6nc(C)[nH]c6c5)cc4C3)n1)CC(C)(C)CC2)C(C)C. The Morgan fingerprint density at radius 3 is 2.77 bits per heavy atom. The second kappa shape index (κ2) is 10.5. The molecule has 1 aliphatic carbocycles. The molecule has 6 rings (SSSR count). The summed E-state index contributed by atoms with van der Waals surface area (Å²) in [7, 11) is 0. The van der Waals surface area contributed by atoms with Crippen molar-refractivity contribution in [2.45, 2.75) is 79.9 Å². The van der Waals surface area contributed by atoms with Crippen molar-refractivity contribution < 1.29 is 4.74 Å². The quantitative estimate of drug-likeness (QED) is 0.328. The monoisotopic (exact) mass is 539 g/mol. The highest BCUT2D eigenvalue weighted by Gasteiger charge is 2.32. The number of anilines is 1. The number of H-pyrrole nitrogens is 1. The van der Waals surface area contributed by atoms with Crippen LogP contribution in [0.4, 0.5) is 5.82 Å². The van der Waals surface area contributed by atoms with E-state index in [0.29, 0.717) is 12.6 Å². The maximum Gasteiger partial charge on any atom is 0.177 e. The van der Waals surface area contributed by atoms with Crippen molar-refractivity contribution in [3.05, 3.63) is 58.9 Å². The lowest BCUT2D eigenvalue weighted by Gasteiger charge is -2.35. The van der Waals surface area contributed by atoms with Gasteiger partial charge in [-0.15, -0.1) is 0 Å². The van der Waals surface area contributed by atoms with Gasteiger partial charge in [0.05, 0.1) is 18.6 Å². The summed E-state index contributed by atoms with van der Waals surface area (Å²) in [5.74, 6) is 3.83. The van der Waals surface area contributed by atoms with Crippen LogP contribution in [-0.2, 0) is 25.9 Å². The first-order chi connectivity index (χ1) is 19.2. The van der Waals surface area contributed by atoms with Crippen molar-refractivity contribution in [2.75, 3.05) is 24.6 Å². The number of nitrogens with one attached hydrogen (secondary N) is 1. The number of aromatic nitrogens is 5. The van der Waals surface area contributed by atoms with Gasteiger partial charge >= 0.3 is 0 Å². The number of hydrogen-bond donors (Lipinski definition) is 1. The third-order valence-electron chi connectivity index (χ3n) is 8.42. The van der Waals surface area contributed by atoms with Gasteiger partial charge in [-0.1, -0.05) is 26.8 Å². The molecule has 0 fully saturated rings. The molecule has 0 saturated heterocycles. The lowest BCUT2D eigenvalue weighted by Crippen LogP contribution is -2.34. The number of rotatable bonds is 6. The molecule has 0 unspecified atom stereocenters. The molecule has 4 heterocycles. The Balaban J connectivity index is 1.37. The Morgan fingerprint density at radius 2 is 1.98 bits per heavy atom. The first-order valence-electron chi connectivity index (χ1n) is 14.7. The van der Waals surface area contributed by atoms with E-state index in [2.05, 4.69) is 83.6 Å². The maximum absolute atomic E-state index is 6.27. The van der Waals surface area contributed by atoms with Crippen molar-refractivity contribution in [3.8, 4) is 16.9 Å². The number of imidazole rings is 1. The van der Waals surface area contributed by atoms with E-state index in [0.717, 1.165) is 96.5 Å². The molecule has 1 aliphatic heterocycles. The summed E-state index contributed by atoms with van der Waals surface area (Å²) in [6, 6.07) is 9.04. The molecule has 8 nitrogen and oxygen atoms in total. The molecule has 2 aliphatic rings. The van der Waals surface area contributed by atoms with Gasteiger partial charge in [0.25, 0.3) is 0 Å². The summed E-state index contributed by atoms with van der Waals surface area (Å²) < 4.78 is 6.27. The fourth-order valence-corrected chi connectivity index (χ4v) is 6.08. The maximum atomic E-state index is 6.27. The number of benzene rings is 1. The Hall–Kier alpha value is -3.52. The molecule has 4 aromatic rings. The van der Waals surface area contributed by atoms with Crippen molar-refractivity contribution >= 4 is 17.0 Å². The van der Waals surface area contributed by atoms with E-state index in [9.17, 15) is 0 Å². The summed E-state index contributed by atoms with van der Waals surface area (Å²) in [5.41, 5.74) is 7.83. The summed E-state index contributed by atoms with van der Waals surface area (Å²) in [6.07, 6.45) is 5.07. The topological polar surface area (TPSA) is 83.1 Å². The van der Waals surface area contributed by atoms with Crippen molar-refractivity contribution in [2.24, 2.45) is 5.41 Å². The highest BCUT2D eigenvalue weighted by Crippen LogP contribution is 2.39. The van der Waals surface area contributed by atoms with Gasteiger partial charge in [0.15, 0.2) is 5.65 Å². The first-order valence-corrected chi connectivity index (χ1v) is 14.7. The summed E-state index contributed by atoms with van der Waals surface area (Å²) in [4.78, 5) is 27.6. The molecule has 210 valence electrons. The van der Waals surface area contributed by atoms with Crippen LogP contribution >= 0.6 is 0 Å². The Kier molecular flexibility index (Phi) is 6.98. The second-order valence-corrected chi connectivity index (χ2v) is 12.4. The van der Waals surface area contributed by atoms with Gasteiger partial charge in [0, 0.05) is 41.2 Å². The molecule has 1 N–H and O–H groups in total. The van der Waals surface area contributed by atoms with Crippen molar-refractivity contribution in [1.82, 2.24) is 29.8 Å². The van der Waals surface area contributed by atoms with E-state index < -0.39 is 0 Å². The normalized spacial score (nSPS) is 16.6. The van der Waals surface area contributed by atoms with Gasteiger partial charge in [-0.05, 0) is 75.8 Å². The van der Waals surface area contributed by atoms with Gasteiger partial charge in [-0.25, -0.2) is 19.9 Å². The molecule has 3 aromatic heterocycles. The minimum atomic E-state index is 0.240. The predicted octanol–water partition coefficient (Wildman–Crippen LogP) is 5.87. The second-order valence-electron chi connectivity index (χ2n) is 12.4. The largest absolute Gasteiger partial charge is 0.491 e. The van der Waals surface area contributed by atoms with Crippen LogP contribution in [0.15, 0.2) is 30.5 Å². The predicted molar refractivity (Wildman–Crippen MR) is 160 cm³/mol. The van der Waals surface area contributed by atoms with E-state index in [1.165, 1.54) is 11.3 Å². The smallest absolute Gasteiger partial charge is 0.177 e. The molecule has 0 radical (unpaired) electrons. The van der Waals surface area contributed by atoms with Crippen LogP contribution in [-0.4, -0.2) is 55.6 Å². The molecular weight excluding hydrogens is 498 g/mol. The molecule has 0 bridgehead atoms. The van der Waals surface area contributed by atoms with Gasteiger partial charge < -0.3 is 14.6 Å². The zero-order valence-electron chi connectivity index (χ0n) is 24.7. The molecule has 8 heteroatoms. The van der Waals surface area contributed by atoms with Crippen LogP contribution < -0.4 is 9.64 Å². The van der Waals surface area contributed by atoms with Crippen LogP contribution in [0.2, 0.25) is 0 Å². The number of fused-ring (bicyclic) bond motifs is 3. The van der Waals surface area contributed by atoms with Crippen LogP contribution in [0, 0.1) is 12.3 Å². The lowest BCUT2D eigenvalue weighted by atomic mass is 9.76. The number of hydrogen-bond acceptors (Lipinski definition) is 7. The van der Waals surface area contributed by atoms with Crippen molar-refractivity contribution in [3.63, 3.8) is 0 Å². The Bertz CT molecular complexity index is 1540. The average molecular weight is 540 g/mol. The van der Waals surface area contributed by atoms with Gasteiger partial charge in [-0.2, -0.15) is 0 Å². The molecule has 0 atom stereocenters. The van der Waals surface area contributed by atoms with Crippen molar-refractivity contribution in [1.29, 1.82) is 0 Å². The number of aryl methyl sites for hydroxylation is 2. The Morgan fingerprint density at radius 1 is 1.12 bits per heavy atom. The highest BCUT2D eigenvalue weighted by atomic mass is 16.5. The molecule has 0 saturated carbocycles. The van der Waals surface area contributed by atoms with Crippen LogP contribution in [0.3, 0.4) is 0 Å². The summed E-state index contributed by atoms with van der Waals surface area (Å²) in [6.45, 7) is 17.3. The van der Waals surface area contributed by atoms with Crippen LogP contribution in [0.5, 0.6) is 5.75 Å². The van der Waals surface area contributed by atoms with Crippen LogP contribution in [0.25, 0.3) is 22.3 Å². The highest BCUT2D eigenvalue weighted by molar-refractivity contribution is 5.78. The lowest BCUT2D eigenvalue weighted by molar-refractivity contribution is 0.218. The van der Waals surface area contributed by atoms with Gasteiger partial charge in [-0.3, -0.25) is 4.90 Å². The fraction of sp³-hybridized carbons (Fsp3) is 0.500. The molecule has 40 heavy (non-hydrogen) atoms. The third-order valence-corrected chi connectivity index (χ3v) is 8.42. The summed E-state index contributed by atoms with van der Waals surface area (Å²) in [5, 5.41) is 0. The number of pyridine rings is 1. The molecule has 0 amide bonds. The van der Waals surface area contributed by atoms with Gasteiger partial charge in [0.1, 0.15) is 29.8 Å². The number of ether oxygens (including phenoxy) is 1. The van der Waals surface area contributed by atoms with E-state index in [1.807, 2.05) is 13.1 Å². The zero-order chi connectivity index (χ0) is 28.0. The number of aromatic amines is 1. The van der Waals surface area contributed by atoms with E-state index in [1.54, 1.807) is 0 Å². The van der Waals surface area contributed by atoms with E-state index in [-0.39, 0.29) is 5.41 Å². The fourth-order valence-electron chi connectivity index (χ4n) is 6.08. The minimum Gasteiger partial charge on any atom is -0.491 e. The average Bonchev–Trinajstić information content (AvgIpc) is 3.16. The molecular formula is C32H41N7O. The third kappa shape index (κ3) is 5.29. The number of nitrogens with zero attached hydrogens (tertiary/aromatic N) is 6. The Labute approximate surface area is 237 Å². The van der Waals surface area contributed by atoms with Crippen LogP contribution in [0.1, 0.15) is 69.5 Å². The van der Waals surface area contributed by atoms with E-state index in [4.69, 9.17) is 14.7 Å².